The second-order valence-electron chi connectivity index (χ2n) is 5.93. The SMILES string of the molecule is COc1cc(C)ccc1NS(=O)(=O)c1c(C)cc(NC(C)=O)cc1C. The molecule has 0 radical (unpaired) electrons. The van der Waals surface area contributed by atoms with Crippen molar-refractivity contribution in [3.05, 3.63) is 47.0 Å². The first kappa shape index (κ1) is 18.8. The lowest BCUT2D eigenvalue weighted by Gasteiger charge is -2.16. The van der Waals surface area contributed by atoms with Gasteiger partial charge in [-0.05, 0) is 61.7 Å². The van der Waals surface area contributed by atoms with Crippen LogP contribution in [-0.2, 0) is 14.8 Å². The molecule has 0 aliphatic rings. The number of nitrogens with one attached hydrogen (secondary N) is 2. The molecule has 6 nitrogen and oxygen atoms in total. The molecule has 0 aromatic heterocycles. The predicted molar refractivity (Wildman–Crippen MR) is 98.8 cm³/mol. The Hall–Kier alpha value is -2.54. The number of amides is 1. The fraction of sp³-hybridized carbons (Fsp3) is 0.278. The molecule has 0 unspecified atom stereocenters. The van der Waals surface area contributed by atoms with Crippen LogP contribution in [0.2, 0.25) is 0 Å². The molecule has 0 saturated carbocycles. The van der Waals surface area contributed by atoms with Crippen LogP contribution >= 0.6 is 0 Å². The van der Waals surface area contributed by atoms with Gasteiger partial charge in [0, 0.05) is 12.6 Å². The number of anilines is 2. The second kappa shape index (κ2) is 7.14. The van der Waals surface area contributed by atoms with E-state index in [1.807, 2.05) is 6.92 Å². The fourth-order valence-corrected chi connectivity index (χ4v) is 4.25. The normalized spacial score (nSPS) is 11.1. The Kier molecular flexibility index (Phi) is 5.37. The van der Waals surface area contributed by atoms with Crippen molar-refractivity contribution in [3.63, 3.8) is 0 Å². The Morgan fingerprint density at radius 1 is 1.04 bits per heavy atom. The van der Waals surface area contributed by atoms with Crippen molar-refractivity contribution in [1.29, 1.82) is 0 Å². The van der Waals surface area contributed by atoms with Crippen LogP contribution in [0.15, 0.2) is 35.2 Å². The van der Waals surface area contributed by atoms with Gasteiger partial charge < -0.3 is 10.1 Å². The molecule has 0 fully saturated rings. The van der Waals surface area contributed by atoms with Crippen LogP contribution < -0.4 is 14.8 Å². The van der Waals surface area contributed by atoms with Crippen molar-refractivity contribution in [2.45, 2.75) is 32.6 Å². The minimum absolute atomic E-state index is 0.184. The van der Waals surface area contributed by atoms with Gasteiger partial charge in [-0.2, -0.15) is 0 Å². The van der Waals surface area contributed by atoms with Crippen molar-refractivity contribution in [2.24, 2.45) is 0 Å². The molecule has 0 aliphatic carbocycles. The standard InChI is InChI=1S/C18H22N2O4S/c1-11-6-7-16(17(8-11)24-5)20-25(22,23)18-12(2)9-15(10-13(18)3)19-14(4)21/h6-10,20H,1-5H3,(H,19,21). The number of methoxy groups -OCH3 is 1. The first-order valence-electron chi connectivity index (χ1n) is 7.70. The average Bonchev–Trinajstić information content (AvgIpc) is 2.47. The van der Waals surface area contributed by atoms with E-state index >= 15 is 0 Å². The first-order valence-corrected chi connectivity index (χ1v) is 9.18. The molecule has 134 valence electrons. The fourth-order valence-electron chi connectivity index (χ4n) is 2.73. The van der Waals surface area contributed by atoms with Crippen molar-refractivity contribution in [2.75, 3.05) is 17.1 Å². The summed E-state index contributed by atoms with van der Waals surface area (Å²) in [5, 5.41) is 2.67. The summed E-state index contributed by atoms with van der Waals surface area (Å²) in [6.07, 6.45) is 0. The topological polar surface area (TPSA) is 84.5 Å². The van der Waals surface area contributed by atoms with Crippen molar-refractivity contribution >= 4 is 27.3 Å². The van der Waals surface area contributed by atoms with E-state index in [2.05, 4.69) is 10.0 Å². The zero-order valence-corrected chi connectivity index (χ0v) is 15.7. The molecule has 2 rings (SSSR count). The highest BCUT2D eigenvalue weighted by Crippen LogP contribution is 2.30. The van der Waals surface area contributed by atoms with Crippen LogP contribution in [0.4, 0.5) is 11.4 Å². The van der Waals surface area contributed by atoms with Gasteiger partial charge in [-0.15, -0.1) is 0 Å². The highest BCUT2D eigenvalue weighted by molar-refractivity contribution is 7.92. The summed E-state index contributed by atoms with van der Waals surface area (Å²) in [4.78, 5) is 11.4. The molecule has 0 atom stereocenters. The van der Waals surface area contributed by atoms with Crippen LogP contribution in [0.5, 0.6) is 5.75 Å². The number of aryl methyl sites for hydroxylation is 3. The predicted octanol–water partition coefficient (Wildman–Crippen LogP) is 3.38. The summed E-state index contributed by atoms with van der Waals surface area (Å²) in [6, 6.07) is 8.50. The van der Waals surface area contributed by atoms with Crippen LogP contribution in [0.25, 0.3) is 0 Å². The number of carbonyl (C=O) groups excluding carboxylic acids is 1. The molecule has 1 amide bonds. The molecular formula is C18H22N2O4S. The van der Waals surface area contributed by atoms with Crippen LogP contribution in [0.1, 0.15) is 23.6 Å². The average molecular weight is 362 g/mol. The minimum atomic E-state index is -3.81. The van der Waals surface area contributed by atoms with Gasteiger partial charge in [0.2, 0.25) is 5.91 Å². The van der Waals surface area contributed by atoms with Crippen molar-refractivity contribution in [1.82, 2.24) is 0 Å². The van der Waals surface area contributed by atoms with E-state index in [0.29, 0.717) is 28.3 Å². The van der Waals surface area contributed by atoms with Gasteiger partial charge in [-0.1, -0.05) is 6.07 Å². The maximum Gasteiger partial charge on any atom is 0.262 e. The highest BCUT2D eigenvalue weighted by Gasteiger charge is 2.22. The number of benzene rings is 2. The summed E-state index contributed by atoms with van der Waals surface area (Å²) in [5.74, 6) is 0.241. The number of hydrogen-bond donors (Lipinski definition) is 2. The number of ether oxygens (including phenoxy) is 1. The molecule has 2 aromatic carbocycles. The zero-order chi connectivity index (χ0) is 18.8. The maximum absolute atomic E-state index is 12.9. The number of hydrogen-bond acceptors (Lipinski definition) is 4. The zero-order valence-electron chi connectivity index (χ0n) is 14.9. The minimum Gasteiger partial charge on any atom is -0.495 e. The van der Waals surface area contributed by atoms with Gasteiger partial charge in [-0.25, -0.2) is 8.42 Å². The number of carbonyl (C=O) groups is 1. The quantitative estimate of drug-likeness (QED) is 0.854. The molecule has 25 heavy (non-hydrogen) atoms. The smallest absolute Gasteiger partial charge is 0.262 e. The summed E-state index contributed by atoms with van der Waals surface area (Å²) < 4.78 is 33.6. The van der Waals surface area contributed by atoms with Gasteiger partial charge in [-0.3, -0.25) is 9.52 Å². The number of sulfonamides is 1. The monoisotopic (exact) mass is 362 g/mol. The highest BCUT2D eigenvalue weighted by atomic mass is 32.2. The summed E-state index contributed by atoms with van der Waals surface area (Å²) >= 11 is 0. The molecule has 0 heterocycles. The third kappa shape index (κ3) is 4.30. The lowest BCUT2D eigenvalue weighted by Crippen LogP contribution is -2.17. The Morgan fingerprint density at radius 2 is 1.64 bits per heavy atom. The molecule has 0 spiro atoms. The molecule has 7 heteroatoms. The van der Waals surface area contributed by atoms with Gasteiger partial charge >= 0.3 is 0 Å². The summed E-state index contributed by atoms with van der Waals surface area (Å²) in [6.45, 7) is 6.69. The molecule has 2 N–H and O–H groups in total. The third-order valence-electron chi connectivity index (χ3n) is 3.65. The van der Waals surface area contributed by atoms with Gasteiger partial charge in [0.15, 0.2) is 0 Å². The van der Waals surface area contributed by atoms with E-state index in [1.54, 1.807) is 44.2 Å². The summed E-state index contributed by atoms with van der Waals surface area (Å²) in [5.41, 5.74) is 2.99. The van der Waals surface area contributed by atoms with Crippen LogP contribution in [0, 0.1) is 20.8 Å². The lowest BCUT2D eigenvalue weighted by atomic mass is 10.1. The van der Waals surface area contributed by atoms with E-state index in [1.165, 1.54) is 14.0 Å². The van der Waals surface area contributed by atoms with E-state index in [9.17, 15) is 13.2 Å². The van der Waals surface area contributed by atoms with E-state index in [0.717, 1.165) is 5.56 Å². The van der Waals surface area contributed by atoms with Crippen molar-refractivity contribution in [3.8, 4) is 5.75 Å². The van der Waals surface area contributed by atoms with Gasteiger partial charge in [0.05, 0.1) is 17.7 Å². The van der Waals surface area contributed by atoms with E-state index in [-0.39, 0.29) is 10.8 Å². The summed E-state index contributed by atoms with van der Waals surface area (Å²) in [7, 11) is -2.32. The Balaban J connectivity index is 2.45. The molecule has 0 saturated heterocycles. The Bertz CT molecular complexity index is 898. The van der Waals surface area contributed by atoms with Crippen LogP contribution in [0.3, 0.4) is 0 Å². The van der Waals surface area contributed by atoms with Crippen LogP contribution in [-0.4, -0.2) is 21.4 Å². The van der Waals surface area contributed by atoms with Gasteiger partial charge in [0.1, 0.15) is 5.75 Å². The molecule has 2 aromatic rings. The van der Waals surface area contributed by atoms with E-state index < -0.39 is 10.0 Å². The first-order chi connectivity index (χ1) is 11.6. The third-order valence-corrected chi connectivity index (χ3v) is 5.32. The lowest BCUT2D eigenvalue weighted by molar-refractivity contribution is -0.114. The largest absolute Gasteiger partial charge is 0.495 e. The second-order valence-corrected chi connectivity index (χ2v) is 7.55. The molecular weight excluding hydrogens is 340 g/mol. The Morgan fingerprint density at radius 3 is 2.16 bits per heavy atom. The maximum atomic E-state index is 12.9. The molecule has 0 aliphatic heterocycles. The van der Waals surface area contributed by atoms with Crippen molar-refractivity contribution < 1.29 is 17.9 Å². The Labute approximate surface area is 148 Å². The van der Waals surface area contributed by atoms with Gasteiger partial charge in [0.25, 0.3) is 10.0 Å². The molecule has 0 bridgehead atoms. The number of rotatable bonds is 5. The van der Waals surface area contributed by atoms with E-state index in [4.69, 9.17) is 4.74 Å².